The van der Waals surface area contributed by atoms with Gasteiger partial charge >= 0.3 is 11.9 Å². The van der Waals surface area contributed by atoms with Crippen molar-refractivity contribution in [3.8, 4) is 11.5 Å². The van der Waals surface area contributed by atoms with Crippen molar-refractivity contribution in [3.63, 3.8) is 0 Å². The molecule has 2 rings (SSSR count). The van der Waals surface area contributed by atoms with Gasteiger partial charge in [0.25, 0.3) is 0 Å². The van der Waals surface area contributed by atoms with Crippen molar-refractivity contribution in [2.75, 3.05) is 26.9 Å². The summed E-state index contributed by atoms with van der Waals surface area (Å²) < 4.78 is 22.6. The Labute approximate surface area is 191 Å². The van der Waals surface area contributed by atoms with Crippen molar-refractivity contribution in [2.24, 2.45) is 0 Å². The molecular weight excluding hydrogens is 466 g/mol. The van der Waals surface area contributed by atoms with E-state index in [0.29, 0.717) is 50.7 Å². The van der Waals surface area contributed by atoms with Gasteiger partial charge in [-0.15, -0.1) is 0 Å². The summed E-state index contributed by atoms with van der Waals surface area (Å²) in [5.74, 6) is -0.617. The van der Waals surface area contributed by atoms with Gasteiger partial charge in [-0.25, -0.2) is 9.59 Å². The molecule has 1 N–H and O–H groups in total. The smallest absolute Gasteiger partial charge is 0.336 e. The summed E-state index contributed by atoms with van der Waals surface area (Å²) in [6.45, 7) is 10.0. The number of hydrogen-bond acceptors (Lipinski definition) is 7. The lowest BCUT2D eigenvalue weighted by molar-refractivity contribution is -0.139. The highest BCUT2D eigenvalue weighted by Gasteiger charge is 2.39. The quantitative estimate of drug-likeness (QED) is 0.500. The van der Waals surface area contributed by atoms with E-state index < -0.39 is 17.9 Å². The molecule has 31 heavy (non-hydrogen) atoms. The molecule has 1 aliphatic heterocycles. The molecule has 0 bridgehead atoms. The maximum atomic E-state index is 12.9. The van der Waals surface area contributed by atoms with E-state index in [-0.39, 0.29) is 13.2 Å². The predicted molar refractivity (Wildman–Crippen MR) is 121 cm³/mol. The van der Waals surface area contributed by atoms with E-state index in [2.05, 4.69) is 21.2 Å². The summed E-state index contributed by atoms with van der Waals surface area (Å²) in [6.07, 6.45) is 0.848. The van der Waals surface area contributed by atoms with Crippen molar-refractivity contribution < 1.29 is 28.5 Å². The second-order valence-corrected chi connectivity index (χ2v) is 7.80. The van der Waals surface area contributed by atoms with Crippen LogP contribution in [-0.2, 0) is 19.1 Å². The Kier molecular flexibility index (Phi) is 8.98. The van der Waals surface area contributed by atoms with Crippen LogP contribution < -0.4 is 14.8 Å². The minimum Gasteiger partial charge on any atom is -0.493 e. The average Bonchev–Trinajstić information content (AvgIpc) is 2.71. The molecule has 0 radical (unpaired) electrons. The largest absolute Gasteiger partial charge is 0.493 e. The van der Waals surface area contributed by atoms with Crippen LogP contribution in [0.4, 0.5) is 0 Å². The molecule has 1 aromatic rings. The molecule has 0 unspecified atom stereocenters. The maximum Gasteiger partial charge on any atom is 0.336 e. The van der Waals surface area contributed by atoms with Crippen LogP contribution in [0.2, 0.25) is 0 Å². The SMILES string of the molecule is CCCOc1cc(Br)c(C2C(C(=O)OCC)=C(C)NC(C)=C2C(=O)OCC)cc1OC. The first-order valence-electron chi connectivity index (χ1n) is 10.3. The zero-order valence-electron chi connectivity index (χ0n) is 18.9. The van der Waals surface area contributed by atoms with Crippen molar-refractivity contribution in [1.82, 2.24) is 5.32 Å². The van der Waals surface area contributed by atoms with Crippen LogP contribution in [0.15, 0.2) is 39.1 Å². The van der Waals surface area contributed by atoms with E-state index in [0.717, 1.165) is 6.42 Å². The third-order valence-corrected chi connectivity index (χ3v) is 5.49. The number of nitrogens with one attached hydrogen (secondary N) is 1. The molecule has 0 saturated heterocycles. The molecule has 0 aliphatic carbocycles. The zero-order chi connectivity index (χ0) is 23.1. The van der Waals surface area contributed by atoms with E-state index in [4.69, 9.17) is 18.9 Å². The molecule has 1 aliphatic rings. The highest BCUT2D eigenvalue weighted by atomic mass is 79.9. The third-order valence-electron chi connectivity index (χ3n) is 4.81. The minimum absolute atomic E-state index is 0.216. The molecule has 7 nitrogen and oxygen atoms in total. The number of methoxy groups -OCH3 is 1. The van der Waals surface area contributed by atoms with E-state index >= 15 is 0 Å². The Hall–Kier alpha value is -2.48. The van der Waals surface area contributed by atoms with Crippen LogP contribution in [0, 0.1) is 0 Å². The van der Waals surface area contributed by atoms with Gasteiger partial charge in [-0.2, -0.15) is 0 Å². The molecule has 0 spiro atoms. The van der Waals surface area contributed by atoms with Gasteiger partial charge in [-0.1, -0.05) is 22.9 Å². The number of rotatable bonds is 9. The fourth-order valence-corrected chi connectivity index (χ4v) is 4.07. The molecule has 0 saturated carbocycles. The number of esters is 2. The van der Waals surface area contributed by atoms with Gasteiger partial charge in [0.2, 0.25) is 0 Å². The fraction of sp³-hybridized carbons (Fsp3) is 0.478. The van der Waals surface area contributed by atoms with Crippen LogP contribution in [0.3, 0.4) is 0 Å². The molecule has 1 heterocycles. The molecule has 0 aromatic heterocycles. The summed E-state index contributed by atoms with van der Waals surface area (Å²) in [5, 5.41) is 3.13. The number of ether oxygens (including phenoxy) is 4. The Morgan fingerprint density at radius 2 is 1.52 bits per heavy atom. The van der Waals surface area contributed by atoms with E-state index in [9.17, 15) is 9.59 Å². The van der Waals surface area contributed by atoms with Gasteiger partial charge in [-0.05, 0) is 51.8 Å². The summed E-state index contributed by atoms with van der Waals surface area (Å²) in [5.41, 5.74) is 2.60. The Bertz CT molecular complexity index is 866. The maximum absolute atomic E-state index is 12.9. The number of hydrogen-bond donors (Lipinski definition) is 1. The Morgan fingerprint density at radius 1 is 0.968 bits per heavy atom. The third kappa shape index (κ3) is 5.42. The van der Waals surface area contributed by atoms with Crippen LogP contribution in [0.1, 0.15) is 52.5 Å². The van der Waals surface area contributed by atoms with E-state index in [1.165, 1.54) is 0 Å². The zero-order valence-corrected chi connectivity index (χ0v) is 20.5. The van der Waals surface area contributed by atoms with Crippen molar-refractivity contribution >= 4 is 27.9 Å². The first kappa shape index (κ1) is 24.8. The highest BCUT2D eigenvalue weighted by Crippen LogP contribution is 2.45. The Balaban J connectivity index is 2.73. The second-order valence-electron chi connectivity index (χ2n) is 6.95. The monoisotopic (exact) mass is 495 g/mol. The van der Waals surface area contributed by atoms with E-state index in [1.807, 2.05) is 6.92 Å². The Morgan fingerprint density at radius 3 is 1.97 bits per heavy atom. The molecule has 0 amide bonds. The summed E-state index contributed by atoms with van der Waals surface area (Å²) in [7, 11) is 1.55. The van der Waals surface area contributed by atoms with Crippen LogP contribution in [-0.4, -0.2) is 38.9 Å². The van der Waals surface area contributed by atoms with Crippen LogP contribution >= 0.6 is 15.9 Å². The summed E-state index contributed by atoms with van der Waals surface area (Å²) >= 11 is 3.60. The van der Waals surface area contributed by atoms with Crippen molar-refractivity contribution in [1.29, 1.82) is 0 Å². The number of dihydropyridines is 1. The average molecular weight is 496 g/mol. The molecule has 8 heteroatoms. The van der Waals surface area contributed by atoms with Gasteiger partial charge in [0.1, 0.15) is 0 Å². The van der Waals surface area contributed by atoms with Crippen molar-refractivity contribution in [3.05, 3.63) is 44.7 Å². The predicted octanol–water partition coefficient (Wildman–Crippen LogP) is 4.61. The minimum atomic E-state index is -0.706. The molecule has 0 fully saturated rings. The number of carbonyl (C=O) groups excluding carboxylic acids is 2. The fourth-order valence-electron chi connectivity index (χ4n) is 3.52. The lowest BCUT2D eigenvalue weighted by Gasteiger charge is -2.31. The standard InChI is InChI=1S/C23H30BrNO6/c1-7-10-31-18-12-16(24)15(11-17(18)28-6)21-19(22(26)29-8-2)13(4)25-14(5)20(21)23(27)30-9-3/h11-12,21,25H,7-10H2,1-6H3. The lowest BCUT2D eigenvalue weighted by Crippen LogP contribution is -2.32. The van der Waals surface area contributed by atoms with Gasteiger partial charge in [0, 0.05) is 15.9 Å². The second kappa shape index (κ2) is 11.2. The molecule has 170 valence electrons. The van der Waals surface area contributed by atoms with Crippen LogP contribution in [0.5, 0.6) is 11.5 Å². The van der Waals surface area contributed by atoms with Gasteiger partial charge in [-0.3, -0.25) is 0 Å². The van der Waals surface area contributed by atoms with Gasteiger partial charge in [0.05, 0.1) is 44.0 Å². The number of allylic oxidation sites excluding steroid dienone is 2. The van der Waals surface area contributed by atoms with Crippen molar-refractivity contribution in [2.45, 2.75) is 47.0 Å². The van der Waals surface area contributed by atoms with Gasteiger partial charge in [0.15, 0.2) is 11.5 Å². The molecule has 1 aromatic carbocycles. The lowest BCUT2D eigenvalue weighted by atomic mass is 9.80. The summed E-state index contributed by atoms with van der Waals surface area (Å²) in [6, 6.07) is 3.58. The number of carbonyl (C=O) groups is 2. The molecule has 0 atom stereocenters. The normalized spacial score (nSPS) is 14.3. The van der Waals surface area contributed by atoms with E-state index in [1.54, 1.807) is 46.9 Å². The van der Waals surface area contributed by atoms with Crippen LogP contribution in [0.25, 0.3) is 0 Å². The summed E-state index contributed by atoms with van der Waals surface area (Å²) in [4.78, 5) is 25.9. The number of halogens is 1. The van der Waals surface area contributed by atoms with Gasteiger partial charge < -0.3 is 24.3 Å². The topological polar surface area (TPSA) is 83.1 Å². The number of benzene rings is 1. The first-order valence-corrected chi connectivity index (χ1v) is 11.1. The highest BCUT2D eigenvalue weighted by molar-refractivity contribution is 9.10. The molecular formula is C23H30BrNO6. The first-order chi connectivity index (χ1) is 14.8.